The lowest BCUT2D eigenvalue weighted by atomic mass is 10.3. The van der Waals surface area contributed by atoms with Gasteiger partial charge < -0.3 is 4.57 Å². The highest BCUT2D eigenvalue weighted by atomic mass is 32.1. The number of nitrogens with zero attached hydrogens (tertiary/aromatic N) is 5. The van der Waals surface area contributed by atoms with Crippen LogP contribution >= 0.6 is 11.3 Å². The molecule has 2 N–H and O–H groups in total. The molecular weight excluding hydrogens is 326 g/mol. The Morgan fingerprint density at radius 3 is 2.96 bits per heavy atom. The van der Waals surface area contributed by atoms with E-state index >= 15 is 0 Å². The van der Waals surface area contributed by atoms with Gasteiger partial charge in [-0.2, -0.15) is 10.1 Å². The molecule has 0 bridgehead atoms. The van der Waals surface area contributed by atoms with Crippen molar-refractivity contribution in [3.8, 4) is 10.7 Å². The molecule has 9 heteroatoms. The second kappa shape index (κ2) is 5.85. The average Bonchev–Trinajstić information content (AvgIpc) is 3.29. The quantitative estimate of drug-likeness (QED) is 0.594. The molecule has 0 radical (unpaired) electrons. The molecule has 8 nitrogen and oxygen atoms in total. The number of hydrogen-bond acceptors (Lipinski definition) is 6. The van der Waals surface area contributed by atoms with Gasteiger partial charge in [-0.1, -0.05) is 12.1 Å². The number of carbonyl (C=O) groups excluding carboxylic acids is 1. The first-order valence-corrected chi connectivity index (χ1v) is 8.11. The van der Waals surface area contributed by atoms with E-state index in [2.05, 4.69) is 30.5 Å². The summed E-state index contributed by atoms with van der Waals surface area (Å²) in [5, 5.41) is 9.01. The van der Waals surface area contributed by atoms with Crippen LogP contribution in [0.1, 0.15) is 5.69 Å². The summed E-state index contributed by atoms with van der Waals surface area (Å²) in [6, 6.07) is 7.74. The number of hydrogen-bond donors (Lipinski definition) is 2. The molecule has 3 aromatic heterocycles. The minimum atomic E-state index is -0.210. The number of imidazole rings is 1. The lowest BCUT2D eigenvalue weighted by Gasteiger charge is -2.08. The molecule has 0 aliphatic rings. The number of aromatic nitrogens is 6. The first kappa shape index (κ1) is 14.5. The number of nitrogens with one attached hydrogen (secondary N) is 2. The van der Waals surface area contributed by atoms with Crippen molar-refractivity contribution in [2.75, 3.05) is 5.32 Å². The van der Waals surface area contributed by atoms with E-state index in [0.29, 0.717) is 5.95 Å². The maximum Gasteiger partial charge on any atom is 0.246 e. The van der Waals surface area contributed by atoms with Crippen molar-refractivity contribution in [2.24, 2.45) is 0 Å². The first-order valence-electron chi connectivity index (χ1n) is 7.23. The summed E-state index contributed by atoms with van der Waals surface area (Å²) >= 11 is 1.51. The van der Waals surface area contributed by atoms with Crippen molar-refractivity contribution in [3.05, 3.63) is 41.8 Å². The molecule has 0 aliphatic heterocycles. The molecule has 0 atom stereocenters. The van der Waals surface area contributed by atoms with Gasteiger partial charge in [0, 0.05) is 0 Å². The third kappa shape index (κ3) is 2.54. The molecule has 0 saturated heterocycles. The van der Waals surface area contributed by atoms with E-state index in [1.54, 1.807) is 5.51 Å². The van der Waals surface area contributed by atoms with E-state index in [1.165, 1.54) is 17.7 Å². The number of rotatable bonds is 4. The van der Waals surface area contributed by atoms with Crippen LogP contribution in [0, 0.1) is 6.92 Å². The Bertz CT molecular complexity index is 1000. The Labute approximate surface area is 140 Å². The molecule has 0 fully saturated rings. The van der Waals surface area contributed by atoms with E-state index in [0.717, 1.165) is 27.4 Å². The fraction of sp³-hybridized carbons (Fsp3) is 0.133. The zero-order valence-corrected chi connectivity index (χ0v) is 13.5. The standard InChI is InChI=1S/C15H13N7OS/c1-9-13(24-8-17-9)14-19-10-4-2-3-5-11(10)22(14)6-12(23)20-15-16-7-18-21-15/h2-5,7-8H,6H2,1H3,(H2,16,18,20,21,23). The Balaban J connectivity index is 1.75. The second-order valence-corrected chi connectivity index (χ2v) is 6.01. The molecule has 0 saturated carbocycles. The van der Waals surface area contributed by atoms with E-state index in [9.17, 15) is 4.79 Å². The topological polar surface area (TPSA) is 101 Å². The number of aryl methyl sites for hydroxylation is 1. The van der Waals surface area contributed by atoms with Crippen LogP contribution < -0.4 is 5.32 Å². The normalized spacial score (nSPS) is 11.0. The van der Waals surface area contributed by atoms with Crippen LogP contribution in [0.3, 0.4) is 0 Å². The van der Waals surface area contributed by atoms with Crippen LogP contribution in [0.2, 0.25) is 0 Å². The minimum Gasteiger partial charge on any atom is -0.314 e. The van der Waals surface area contributed by atoms with Gasteiger partial charge in [0.1, 0.15) is 12.9 Å². The fourth-order valence-electron chi connectivity index (χ4n) is 2.51. The van der Waals surface area contributed by atoms with E-state index in [1.807, 2.05) is 35.8 Å². The molecule has 120 valence electrons. The minimum absolute atomic E-state index is 0.119. The summed E-state index contributed by atoms with van der Waals surface area (Å²) in [5.74, 6) is 0.849. The summed E-state index contributed by atoms with van der Waals surface area (Å²) in [7, 11) is 0. The van der Waals surface area contributed by atoms with Gasteiger partial charge in [0.2, 0.25) is 11.9 Å². The van der Waals surface area contributed by atoms with Crippen molar-refractivity contribution in [1.29, 1.82) is 0 Å². The smallest absolute Gasteiger partial charge is 0.246 e. The summed E-state index contributed by atoms with van der Waals surface area (Å²) in [5.41, 5.74) is 4.41. The van der Waals surface area contributed by atoms with E-state index in [4.69, 9.17) is 0 Å². The van der Waals surface area contributed by atoms with Gasteiger partial charge in [0.25, 0.3) is 0 Å². The number of amides is 1. The van der Waals surface area contributed by atoms with Gasteiger partial charge in [-0.3, -0.25) is 10.1 Å². The largest absolute Gasteiger partial charge is 0.314 e. The lowest BCUT2D eigenvalue weighted by molar-refractivity contribution is -0.116. The molecule has 3 heterocycles. The van der Waals surface area contributed by atoms with Crippen LogP contribution in [0.4, 0.5) is 5.95 Å². The first-order chi connectivity index (χ1) is 11.7. The maximum atomic E-state index is 12.4. The summed E-state index contributed by atoms with van der Waals surface area (Å²) in [6.07, 6.45) is 1.34. The fourth-order valence-corrected chi connectivity index (χ4v) is 3.31. The monoisotopic (exact) mass is 339 g/mol. The number of para-hydroxylation sites is 2. The summed E-state index contributed by atoms with van der Waals surface area (Å²) in [6.45, 7) is 2.05. The third-order valence-corrected chi connectivity index (χ3v) is 4.50. The zero-order valence-electron chi connectivity index (χ0n) is 12.7. The molecule has 0 unspecified atom stereocenters. The third-order valence-electron chi connectivity index (χ3n) is 3.58. The number of benzene rings is 1. The molecule has 1 amide bonds. The Kier molecular flexibility index (Phi) is 3.54. The van der Waals surface area contributed by atoms with Gasteiger partial charge in [0.15, 0.2) is 5.82 Å². The average molecular weight is 339 g/mol. The van der Waals surface area contributed by atoms with Crippen LogP contribution in [0.15, 0.2) is 36.1 Å². The molecule has 4 aromatic rings. The van der Waals surface area contributed by atoms with E-state index in [-0.39, 0.29) is 12.5 Å². The SMILES string of the molecule is Cc1ncsc1-c1nc2ccccc2n1CC(=O)Nc1ncn[nH]1. The van der Waals surface area contributed by atoms with Gasteiger partial charge in [-0.05, 0) is 19.1 Å². The predicted molar refractivity (Wildman–Crippen MR) is 90.6 cm³/mol. The van der Waals surface area contributed by atoms with Gasteiger partial charge in [0.05, 0.1) is 27.1 Å². The van der Waals surface area contributed by atoms with Crippen molar-refractivity contribution in [1.82, 2.24) is 29.7 Å². The van der Waals surface area contributed by atoms with Crippen LogP contribution in [0.25, 0.3) is 21.7 Å². The predicted octanol–water partition coefficient (Wildman–Crippen LogP) is 2.23. The van der Waals surface area contributed by atoms with Crippen molar-refractivity contribution in [3.63, 3.8) is 0 Å². The number of thiazole rings is 1. The van der Waals surface area contributed by atoms with Gasteiger partial charge >= 0.3 is 0 Å². The summed E-state index contributed by atoms with van der Waals surface area (Å²) in [4.78, 5) is 26.2. The van der Waals surface area contributed by atoms with Crippen LogP contribution in [0.5, 0.6) is 0 Å². The van der Waals surface area contributed by atoms with Crippen molar-refractivity contribution >= 4 is 34.2 Å². The number of carbonyl (C=O) groups is 1. The van der Waals surface area contributed by atoms with Crippen molar-refractivity contribution in [2.45, 2.75) is 13.5 Å². The number of aromatic amines is 1. The number of fused-ring (bicyclic) bond motifs is 1. The maximum absolute atomic E-state index is 12.4. The van der Waals surface area contributed by atoms with Gasteiger partial charge in [-0.25, -0.2) is 15.1 Å². The van der Waals surface area contributed by atoms with Gasteiger partial charge in [-0.15, -0.1) is 11.3 Å². The second-order valence-electron chi connectivity index (χ2n) is 5.16. The Morgan fingerprint density at radius 2 is 2.21 bits per heavy atom. The lowest BCUT2D eigenvalue weighted by Crippen LogP contribution is -2.20. The molecular formula is C15H13N7OS. The van der Waals surface area contributed by atoms with Crippen LogP contribution in [-0.4, -0.2) is 35.6 Å². The molecule has 1 aromatic carbocycles. The number of anilines is 1. The molecule has 4 rings (SSSR count). The Morgan fingerprint density at radius 1 is 1.33 bits per heavy atom. The number of H-pyrrole nitrogens is 1. The van der Waals surface area contributed by atoms with E-state index < -0.39 is 0 Å². The molecule has 0 aliphatic carbocycles. The molecule has 24 heavy (non-hydrogen) atoms. The van der Waals surface area contributed by atoms with Crippen LogP contribution in [-0.2, 0) is 11.3 Å². The Hall–Kier alpha value is -3.07. The highest BCUT2D eigenvalue weighted by molar-refractivity contribution is 7.13. The van der Waals surface area contributed by atoms with Crippen molar-refractivity contribution < 1.29 is 4.79 Å². The highest BCUT2D eigenvalue weighted by Gasteiger charge is 2.18. The molecule has 0 spiro atoms. The highest BCUT2D eigenvalue weighted by Crippen LogP contribution is 2.29. The zero-order chi connectivity index (χ0) is 16.5. The summed E-state index contributed by atoms with van der Waals surface area (Å²) < 4.78 is 1.89.